The van der Waals surface area contributed by atoms with Crippen molar-refractivity contribution in [3.05, 3.63) is 29.6 Å². The Hall–Kier alpha value is -2.33. The third-order valence-electron chi connectivity index (χ3n) is 1.20. The second-order valence-electron chi connectivity index (χ2n) is 2.16. The summed E-state index contributed by atoms with van der Waals surface area (Å²) in [5.41, 5.74) is 5.61. The Morgan fingerprint density at radius 1 is 1.62 bits per heavy atom. The highest BCUT2D eigenvalue weighted by Gasteiger charge is 1.92. The van der Waals surface area contributed by atoms with E-state index in [9.17, 15) is 4.79 Å². The van der Waals surface area contributed by atoms with E-state index in [0.29, 0.717) is 11.3 Å². The van der Waals surface area contributed by atoms with Crippen molar-refractivity contribution in [2.45, 2.75) is 0 Å². The van der Waals surface area contributed by atoms with Gasteiger partial charge in [0.1, 0.15) is 5.69 Å². The van der Waals surface area contributed by atoms with E-state index in [1.165, 1.54) is 12.3 Å². The first-order valence-corrected chi connectivity index (χ1v) is 3.40. The summed E-state index contributed by atoms with van der Waals surface area (Å²) in [7, 11) is 0. The minimum Gasteiger partial charge on any atom is -0.359 e. The molecule has 0 aliphatic carbocycles. The van der Waals surface area contributed by atoms with Gasteiger partial charge in [0.05, 0.1) is 11.6 Å². The number of pyridine rings is 1. The number of nitriles is 1. The molecular weight excluding hydrogens is 166 g/mol. The highest BCUT2D eigenvalue weighted by Crippen LogP contribution is 1.97. The molecule has 0 fully saturated rings. The predicted molar refractivity (Wildman–Crippen MR) is 45.0 cm³/mol. The first kappa shape index (κ1) is 8.76. The van der Waals surface area contributed by atoms with Gasteiger partial charge in [-0.25, -0.2) is 4.98 Å². The second kappa shape index (κ2) is 3.89. The van der Waals surface area contributed by atoms with Crippen LogP contribution in [0.2, 0.25) is 0 Å². The third kappa shape index (κ3) is 2.64. The Balaban J connectivity index is 3.00. The van der Waals surface area contributed by atoms with Crippen LogP contribution in [0.3, 0.4) is 0 Å². The average molecular weight is 171 g/mol. The zero-order valence-corrected chi connectivity index (χ0v) is 6.61. The van der Waals surface area contributed by atoms with Gasteiger partial charge in [0, 0.05) is 12.1 Å². The Morgan fingerprint density at radius 3 is 3.00 bits per heavy atom. The molecule has 13 heavy (non-hydrogen) atoms. The largest absolute Gasteiger partial charge is 0.359 e. The summed E-state index contributed by atoms with van der Waals surface area (Å²) in [6, 6.07) is 4.96. The van der Waals surface area contributed by atoms with E-state index < -0.39 is 5.91 Å². The van der Waals surface area contributed by atoms with Crippen LogP contribution in [0.25, 0.3) is 0 Å². The average Bonchev–Trinajstić information content (AvgIpc) is 2.15. The first-order chi connectivity index (χ1) is 6.22. The van der Waals surface area contributed by atoms with Crippen LogP contribution in [-0.4, -0.2) is 10.9 Å². The molecule has 4 heteroatoms. The number of hydrogen-bond donors (Lipinski definition) is 1. The number of carbonyl (C=O) groups is 1. The lowest BCUT2D eigenvalue weighted by Crippen LogP contribution is -2.06. The van der Waals surface area contributed by atoms with Crippen molar-refractivity contribution in [1.29, 1.82) is 5.26 Å². The summed E-state index contributed by atoms with van der Waals surface area (Å²) >= 11 is 0. The molecule has 62 valence electrons. The van der Waals surface area contributed by atoms with Crippen LogP contribution in [0.4, 0.5) is 0 Å². The van der Waals surface area contributed by atoms with Crippen molar-refractivity contribution in [3.63, 3.8) is 0 Å². The summed E-state index contributed by atoms with van der Waals surface area (Å²) in [5.74, 6) is 3.84. The SMILES string of the molecule is N#Cc1ccnc(C#CC(N)=O)c1. The number of amides is 1. The standard InChI is InChI=1S/C9H5N3O/c10-6-7-3-4-12-8(5-7)1-2-9(11)13/h3-5H,(H2,11,13). The maximum Gasteiger partial charge on any atom is 0.293 e. The van der Waals surface area contributed by atoms with E-state index in [1.54, 1.807) is 6.07 Å². The molecule has 1 amide bonds. The van der Waals surface area contributed by atoms with Crippen LogP contribution in [-0.2, 0) is 4.79 Å². The molecular formula is C9H5N3O. The van der Waals surface area contributed by atoms with Gasteiger partial charge in [-0.15, -0.1) is 0 Å². The molecule has 0 saturated carbocycles. The van der Waals surface area contributed by atoms with Gasteiger partial charge in [0.25, 0.3) is 5.91 Å². The van der Waals surface area contributed by atoms with Gasteiger partial charge >= 0.3 is 0 Å². The van der Waals surface area contributed by atoms with E-state index in [1.807, 2.05) is 6.07 Å². The summed E-state index contributed by atoms with van der Waals surface area (Å²) in [4.78, 5) is 14.1. The van der Waals surface area contributed by atoms with Gasteiger partial charge < -0.3 is 5.73 Å². The lowest BCUT2D eigenvalue weighted by Gasteiger charge is -1.88. The lowest BCUT2D eigenvalue weighted by molar-refractivity contribution is -0.112. The number of aromatic nitrogens is 1. The van der Waals surface area contributed by atoms with Crippen LogP contribution < -0.4 is 5.73 Å². The van der Waals surface area contributed by atoms with Gasteiger partial charge in [0.15, 0.2) is 0 Å². The van der Waals surface area contributed by atoms with E-state index >= 15 is 0 Å². The zero-order chi connectivity index (χ0) is 9.68. The molecule has 0 saturated heterocycles. The molecule has 0 radical (unpaired) electrons. The van der Waals surface area contributed by atoms with Crippen LogP contribution in [0, 0.1) is 23.2 Å². The second-order valence-corrected chi connectivity index (χ2v) is 2.16. The molecule has 0 unspecified atom stereocenters. The number of primary amides is 1. The van der Waals surface area contributed by atoms with Crippen molar-refractivity contribution in [1.82, 2.24) is 4.98 Å². The summed E-state index contributed by atoms with van der Waals surface area (Å²) in [6.45, 7) is 0. The van der Waals surface area contributed by atoms with E-state index in [-0.39, 0.29) is 0 Å². The molecule has 0 atom stereocenters. The van der Waals surface area contributed by atoms with Gasteiger partial charge in [-0.05, 0) is 18.1 Å². The highest BCUT2D eigenvalue weighted by molar-refractivity contribution is 5.92. The molecule has 1 aromatic rings. The van der Waals surface area contributed by atoms with Crippen LogP contribution in [0.15, 0.2) is 18.3 Å². The highest BCUT2D eigenvalue weighted by atomic mass is 16.1. The molecule has 4 nitrogen and oxygen atoms in total. The molecule has 0 spiro atoms. The Labute approximate surface area is 75.0 Å². The Bertz CT molecular complexity index is 434. The van der Waals surface area contributed by atoms with Gasteiger partial charge in [-0.3, -0.25) is 4.79 Å². The summed E-state index contributed by atoms with van der Waals surface area (Å²) in [5, 5.41) is 8.52. The molecule has 0 aliphatic heterocycles. The maximum absolute atomic E-state index is 10.3. The van der Waals surface area contributed by atoms with Crippen LogP contribution in [0.1, 0.15) is 11.3 Å². The lowest BCUT2D eigenvalue weighted by atomic mass is 10.2. The van der Waals surface area contributed by atoms with E-state index in [0.717, 1.165) is 0 Å². The molecule has 1 aromatic heterocycles. The molecule has 2 N–H and O–H groups in total. The van der Waals surface area contributed by atoms with Gasteiger partial charge in [-0.2, -0.15) is 5.26 Å². The van der Waals surface area contributed by atoms with Crippen molar-refractivity contribution in [2.75, 3.05) is 0 Å². The molecule has 0 bridgehead atoms. The molecule has 1 heterocycles. The molecule has 1 rings (SSSR count). The Kier molecular flexibility index (Phi) is 2.62. The quantitative estimate of drug-likeness (QED) is 0.548. The van der Waals surface area contributed by atoms with Gasteiger partial charge in [-0.1, -0.05) is 0 Å². The number of rotatable bonds is 0. The zero-order valence-electron chi connectivity index (χ0n) is 6.61. The predicted octanol–water partition coefficient (Wildman–Crippen LogP) is -0.210. The van der Waals surface area contributed by atoms with E-state index in [4.69, 9.17) is 11.0 Å². The first-order valence-electron chi connectivity index (χ1n) is 3.40. The smallest absolute Gasteiger partial charge is 0.293 e. The van der Waals surface area contributed by atoms with Crippen molar-refractivity contribution in [3.8, 4) is 17.9 Å². The van der Waals surface area contributed by atoms with Gasteiger partial charge in [0.2, 0.25) is 0 Å². The number of nitrogens with two attached hydrogens (primary N) is 1. The Morgan fingerprint density at radius 2 is 2.38 bits per heavy atom. The normalized spacial score (nSPS) is 7.92. The molecule has 0 aromatic carbocycles. The topological polar surface area (TPSA) is 79.8 Å². The molecule has 0 aliphatic rings. The van der Waals surface area contributed by atoms with E-state index in [2.05, 4.69) is 16.8 Å². The fourth-order valence-electron chi connectivity index (χ4n) is 0.694. The van der Waals surface area contributed by atoms with Crippen molar-refractivity contribution < 1.29 is 4.79 Å². The third-order valence-corrected chi connectivity index (χ3v) is 1.20. The maximum atomic E-state index is 10.3. The fraction of sp³-hybridized carbons (Fsp3) is 0. The number of nitrogens with zero attached hydrogens (tertiary/aromatic N) is 2. The minimum atomic E-state index is -0.718. The van der Waals surface area contributed by atoms with Crippen molar-refractivity contribution >= 4 is 5.91 Å². The summed E-state index contributed by atoms with van der Waals surface area (Å²) in [6.07, 6.45) is 1.45. The monoisotopic (exact) mass is 171 g/mol. The summed E-state index contributed by atoms with van der Waals surface area (Å²) < 4.78 is 0. The van der Waals surface area contributed by atoms with Crippen LogP contribution in [0.5, 0.6) is 0 Å². The van der Waals surface area contributed by atoms with Crippen molar-refractivity contribution in [2.24, 2.45) is 5.73 Å². The fourth-order valence-corrected chi connectivity index (χ4v) is 0.694. The minimum absolute atomic E-state index is 0.359. The van der Waals surface area contributed by atoms with Crippen LogP contribution >= 0.6 is 0 Å². The number of hydrogen-bond acceptors (Lipinski definition) is 3. The number of carbonyl (C=O) groups excluding carboxylic acids is 1.